The van der Waals surface area contributed by atoms with Gasteiger partial charge < -0.3 is 9.42 Å². The van der Waals surface area contributed by atoms with Crippen LogP contribution in [0.4, 0.5) is 0 Å². The number of para-hydroxylation sites is 1. The van der Waals surface area contributed by atoms with Gasteiger partial charge in [0.1, 0.15) is 5.75 Å². The second-order valence-corrected chi connectivity index (χ2v) is 6.43. The molecule has 1 unspecified atom stereocenters. The van der Waals surface area contributed by atoms with Crippen LogP contribution in [0.2, 0.25) is 0 Å². The summed E-state index contributed by atoms with van der Waals surface area (Å²) >= 11 is 0. The molecule has 0 aromatic heterocycles. The van der Waals surface area contributed by atoms with E-state index in [1.165, 1.54) is 5.56 Å². The first-order valence-corrected chi connectivity index (χ1v) is 8.36. The highest BCUT2D eigenvalue weighted by Gasteiger charge is 2.23. The van der Waals surface area contributed by atoms with Crippen molar-refractivity contribution in [2.75, 3.05) is 0 Å². The average Bonchev–Trinajstić information content (AvgIpc) is 2.46. The fourth-order valence-electron chi connectivity index (χ4n) is 1.91. The SMILES string of the molecule is CCCCc1ccc(P(=O)(O)Oc2ccccc2)cc1. The second kappa shape index (κ2) is 6.74. The van der Waals surface area contributed by atoms with Crippen LogP contribution in [-0.2, 0) is 11.0 Å². The maximum Gasteiger partial charge on any atom is 0.408 e. The maximum absolute atomic E-state index is 12.2. The molecule has 0 aliphatic heterocycles. The van der Waals surface area contributed by atoms with Crippen LogP contribution in [0.25, 0.3) is 0 Å². The molecule has 0 fully saturated rings. The standard InChI is InChI=1S/C16H19O3P/c1-2-3-7-14-10-12-16(13-11-14)20(17,18)19-15-8-5-4-6-9-15/h4-6,8-13H,2-3,7H2,1H3,(H,17,18). The number of hydrogen-bond acceptors (Lipinski definition) is 2. The van der Waals surface area contributed by atoms with Gasteiger partial charge in [-0.25, -0.2) is 4.57 Å². The summed E-state index contributed by atoms with van der Waals surface area (Å²) in [6.07, 6.45) is 3.25. The highest BCUT2D eigenvalue weighted by atomic mass is 31.2. The lowest BCUT2D eigenvalue weighted by Gasteiger charge is -2.13. The zero-order valence-electron chi connectivity index (χ0n) is 11.5. The minimum atomic E-state index is -3.81. The monoisotopic (exact) mass is 290 g/mol. The van der Waals surface area contributed by atoms with Crippen LogP contribution in [0.15, 0.2) is 54.6 Å². The number of rotatable bonds is 6. The van der Waals surface area contributed by atoms with Gasteiger partial charge in [-0.3, -0.25) is 0 Å². The molecule has 2 rings (SSSR count). The normalized spacial score (nSPS) is 13.7. The topological polar surface area (TPSA) is 46.5 Å². The third-order valence-electron chi connectivity index (χ3n) is 3.05. The molecule has 1 atom stereocenters. The van der Waals surface area contributed by atoms with E-state index in [-0.39, 0.29) is 0 Å². The Bertz CT molecular complexity index is 578. The number of benzene rings is 2. The molecular weight excluding hydrogens is 271 g/mol. The van der Waals surface area contributed by atoms with Crippen LogP contribution < -0.4 is 9.83 Å². The van der Waals surface area contributed by atoms with Crippen molar-refractivity contribution in [1.29, 1.82) is 0 Å². The zero-order valence-corrected chi connectivity index (χ0v) is 12.4. The summed E-state index contributed by atoms with van der Waals surface area (Å²) in [5.74, 6) is 0.397. The van der Waals surface area contributed by atoms with Crippen LogP contribution in [0.3, 0.4) is 0 Å². The summed E-state index contributed by atoms with van der Waals surface area (Å²) < 4.78 is 17.5. The third-order valence-corrected chi connectivity index (χ3v) is 4.46. The first kappa shape index (κ1) is 14.8. The van der Waals surface area contributed by atoms with Crippen LogP contribution in [0, 0.1) is 0 Å². The smallest absolute Gasteiger partial charge is 0.408 e. The Balaban J connectivity index is 2.11. The average molecular weight is 290 g/mol. The summed E-state index contributed by atoms with van der Waals surface area (Å²) in [6.45, 7) is 2.14. The molecule has 0 bridgehead atoms. The number of unbranched alkanes of at least 4 members (excludes halogenated alkanes) is 1. The lowest BCUT2D eigenvalue weighted by molar-refractivity contribution is 0.393. The van der Waals surface area contributed by atoms with Crippen molar-refractivity contribution in [2.24, 2.45) is 0 Å². The van der Waals surface area contributed by atoms with E-state index in [4.69, 9.17) is 4.52 Å². The Labute approximate surface area is 119 Å². The summed E-state index contributed by atoms with van der Waals surface area (Å²) in [7, 11) is -3.81. The van der Waals surface area contributed by atoms with Crippen molar-refractivity contribution >= 4 is 12.9 Å². The highest BCUT2D eigenvalue weighted by molar-refractivity contribution is 7.61. The molecule has 0 aliphatic rings. The van der Waals surface area contributed by atoms with E-state index < -0.39 is 7.60 Å². The van der Waals surface area contributed by atoms with Crippen molar-refractivity contribution in [2.45, 2.75) is 26.2 Å². The van der Waals surface area contributed by atoms with Gasteiger partial charge in [-0.1, -0.05) is 43.7 Å². The minimum absolute atomic E-state index is 0.321. The molecule has 20 heavy (non-hydrogen) atoms. The van der Waals surface area contributed by atoms with Crippen molar-refractivity contribution in [3.05, 3.63) is 60.2 Å². The van der Waals surface area contributed by atoms with Crippen LogP contribution >= 0.6 is 7.60 Å². The Hall–Kier alpha value is -1.57. The summed E-state index contributed by atoms with van der Waals surface area (Å²) in [4.78, 5) is 10.0. The van der Waals surface area contributed by atoms with Gasteiger partial charge >= 0.3 is 7.60 Å². The predicted octanol–water partition coefficient (Wildman–Crippen LogP) is 3.92. The van der Waals surface area contributed by atoms with Gasteiger partial charge in [-0.15, -0.1) is 0 Å². The van der Waals surface area contributed by atoms with E-state index in [0.717, 1.165) is 19.3 Å². The van der Waals surface area contributed by atoms with Gasteiger partial charge in [0.2, 0.25) is 0 Å². The molecular formula is C16H19O3P. The Morgan fingerprint density at radius 2 is 1.70 bits per heavy atom. The molecule has 0 amide bonds. The Morgan fingerprint density at radius 1 is 1.05 bits per heavy atom. The molecule has 106 valence electrons. The van der Waals surface area contributed by atoms with Crippen molar-refractivity contribution in [1.82, 2.24) is 0 Å². The molecule has 3 nitrogen and oxygen atoms in total. The van der Waals surface area contributed by atoms with Gasteiger partial charge in [-0.2, -0.15) is 0 Å². The molecule has 0 heterocycles. The minimum Gasteiger partial charge on any atom is -0.421 e. The maximum atomic E-state index is 12.2. The van der Waals surface area contributed by atoms with E-state index in [1.54, 1.807) is 36.4 Å². The van der Waals surface area contributed by atoms with Gasteiger partial charge in [0.05, 0.1) is 5.30 Å². The highest BCUT2D eigenvalue weighted by Crippen LogP contribution is 2.41. The summed E-state index contributed by atoms with van der Waals surface area (Å²) in [6, 6.07) is 15.8. The first-order valence-electron chi connectivity index (χ1n) is 6.79. The Kier molecular flexibility index (Phi) is 4.99. The van der Waals surface area contributed by atoms with Gasteiger partial charge in [0.25, 0.3) is 0 Å². The zero-order chi connectivity index (χ0) is 14.4. The first-order chi connectivity index (χ1) is 9.62. The largest absolute Gasteiger partial charge is 0.421 e. The molecule has 0 saturated carbocycles. The van der Waals surface area contributed by atoms with E-state index >= 15 is 0 Å². The molecule has 4 heteroatoms. The van der Waals surface area contributed by atoms with Crippen molar-refractivity contribution in [3.8, 4) is 5.75 Å². The second-order valence-electron chi connectivity index (χ2n) is 4.69. The third kappa shape index (κ3) is 3.96. The van der Waals surface area contributed by atoms with Gasteiger partial charge in [-0.05, 0) is 42.7 Å². The van der Waals surface area contributed by atoms with Gasteiger partial charge in [0.15, 0.2) is 0 Å². The van der Waals surface area contributed by atoms with Crippen LogP contribution in [-0.4, -0.2) is 4.89 Å². The van der Waals surface area contributed by atoms with E-state index in [0.29, 0.717) is 11.1 Å². The summed E-state index contributed by atoms with van der Waals surface area (Å²) in [5, 5.41) is 0.321. The van der Waals surface area contributed by atoms with Crippen LogP contribution in [0.5, 0.6) is 5.75 Å². The molecule has 0 spiro atoms. The number of aryl methyl sites for hydroxylation is 1. The quantitative estimate of drug-likeness (QED) is 0.820. The van der Waals surface area contributed by atoms with Crippen molar-refractivity contribution in [3.63, 3.8) is 0 Å². The van der Waals surface area contributed by atoms with E-state index in [9.17, 15) is 9.46 Å². The fourth-order valence-corrected chi connectivity index (χ4v) is 2.95. The molecule has 1 N–H and O–H groups in total. The number of hydrogen-bond donors (Lipinski definition) is 1. The van der Waals surface area contributed by atoms with E-state index in [2.05, 4.69) is 6.92 Å². The van der Waals surface area contributed by atoms with Crippen molar-refractivity contribution < 1.29 is 14.0 Å². The molecule has 2 aromatic rings. The molecule has 2 aromatic carbocycles. The van der Waals surface area contributed by atoms with E-state index in [1.807, 2.05) is 18.2 Å². The Morgan fingerprint density at radius 3 is 2.30 bits per heavy atom. The van der Waals surface area contributed by atoms with Crippen LogP contribution in [0.1, 0.15) is 25.3 Å². The molecule has 0 aliphatic carbocycles. The fraction of sp³-hybridized carbons (Fsp3) is 0.250. The lowest BCUT2D eigenvalue weighted by atomic mass is 10.1. The molecule has 0 radical (unpaired) electrons. The predicted molar refractivity (Wildman–Crippen MR) is 81.6 cm³/mol. The van der Waals surface area contributed by atoms with Gasteiger partial charge in [0, 0.05) is 0 Å². The molecule has 0 saturated heterocycles. The lowest BCUT2D eigenvalue weighted by Crippen LogP contribution is -2.09. The summed E-state index contributed by atoms with van der Waals surface area (Å²) in [5.41, 5.74) is 1.18.